The summed E-state index contributed by atoms with van der Waals surface area (Å²) in [5.74, 6) is 0.876. The van der Waals surface area contributed by atoms with Crippen LogP contribution in [0.15, 0.2) is 35.8 Å². The Hall–Kier alpha value is -0.870. The van der Waals surface area contributed by atoms with Crippen molar-refractivity contribution in [2.75, 3.05) is 12.3 Å². The summed E-state index contributed by atoms with van der Waals surface area (Å²) in [6.45, 7) is 0.593. The molecule has 12 heavy (non-hydrogen) atoms. The molecule has 0 saturated carbocycles. The highest BCUT2D eigenvalue weighted by Crippen LogP contribution is 2.09. The van der Waals surface area contributed by atoms with Gasteiger partial charge in [-0.25, -0.2) is 9.97 Å². The molecule has 1 heterocycles. The number of thioether (sulfide) groups is 1. The van der Waals surface area contributed by atoms with Crippen LogP contribution >= 0.6 is 11.8 Å². The van der Waals surface area contributed by atoms with E-state index in [1.165, 1.54) is 0 Å². The van der Waals surface area contributed by atoms with Crippen LogP contribution in [0.5, 0.6) is 0 Å². The van der Waals surface area contributed by atoms with Crippen LogP contribution in [0.4, 0.5) is 0 Å². The molecule has 0 atom stereocenters. The van der Waals surface area contributed by atoms with Crippen molar-refractivity contribution in [3.8, 4) is 0 Å². The van der Waals surface area contributed by atoms with E-state index in [-0.39, 0.29) is 0 Å². The summed E-state index contributed by atoms with van der Waals surface area (Å²) < 4.78 is 0. The third kappa shape index (κ3) is 3.50. The molecular weight excluding hydrogens is 170 g/mol. The van der Waals surface area contributed by atoms with Gasteiger partial charge in [0.15, 0.2) is 5.16 Å². The Morgan fingerprint density at radius 2 is 2.08 bits per heavy atom. The van der Waals surface area contributed by atoms with Crippen LogP contribution in [0.3, 0.4) is 0 Å². The highest BCUT2D eigenvalue weighted by atomic mass is 32.2. The van der Waals surface area contributed by atoms with E-state index in [9.17, 15) is 0 Å². The molecule has 4 heteroatoms. The van der Waals surface area contributed by atoms with Crippen molar-refractivity contribution >= 4 is 11.8 Å². The second-order valence-corrected chi connectivity index (χ2v) is 3.04. The number of nitrogens with two attached hydrogens (primary N) is 1. The van der Waals surface area contributed by atoms with Crippen molar-refractivity contribution in [2.45, 2.75) is 5.16 Å². The average molecular weight is 181 g/mol. The summed E-state index contributed by atoms with van der Waals surface area (Å²) >= 11 is 1.60. The van der Waals surface area contributed by atoms with Crippen LogP contribution in [0.2, 0.25) is 0 Å². The minimum atomic E-state index is 0.593. The van der Waals surface area contributed by atoms with Gasteiger partial charge in [0, 0.05) is 24.7 Å². The summed E-state index contributed by atoms with van der Waals surface area (Å²) in [6, 6.07) is 1.81. The highest BCUT2D eigenvalue weighted by molar-refractivity contribution is 7.99. The largest absolute Gasteiger partial charge is 0.327 e. The molecule has 0 aliphatic heterocycles. The Morgan fingerprint density at radius 3 is 2.75 bits per heavy atom. The first kappa shape index (κ1) is 9.22. The second-order valence-electron chi connectivity index (χ2n) is 2.05. The monoisotopic (exact) mass is 181 g/mol. The molecule has 2 N–H and O–H groups in total. The molecule has 1 aromatic heterocycles. The first-order chi connectivity index (χ1) is 5.93. The zero-order valence-electron chi connectivity index (χ0n) is 6.68. The summed E-state index contributed by atoms with van der Waals surface area (Å²) in [5, 5.41) is 0.805. The fourth-order valence-electron chi connectivity index (χ4n) is 0.647. The molecule has 1 rings (SSSR count). The molecule has 0 unspecified atom stereocenters. The lowest BCUT2D eigenvalue weighted by Crippen LogP contribution is -1.92. The van der Waals surface area contributed by atoms with E-state index in [2.05, 4.69) is 9.97 Å². The molecule has 0 aliphatic rings. The molecule has 0 spiro atoms. The van der Waals surface area contributed by atoms with Crippen molar-refractivity contribution in [1.82, 2.24) is 9.97 Å². The molecule has 0 fully saturated rings. The number of aromatic nitrogens is 2. The van der Waals surface area contributed by atoms with Crippen molar-refractivity contribution in [3.63, 3.8) is 0 Å². The summed E-state index contributed by atoms with van der Waals surface area (Å²) in [4.78, 5) is 8.13. The van der Waals surface area contributed by atoms with Gasteiger partial charge in [0.05, 0.1) is 0 Å². The third-order valence-corrected chi connectivity index (χ3v) is 1.98. The summed E-state index contributed by atoms with van der Waals surface area (Å²) in [6.07, 6.45) is 7.42. The van der Waals surface area contributed by atoms with Gasteiger partial charge in [-0.15, -0.1) is 0 Å². The lowest BCUT2D eigenvalue weighted by molar-refractivity contribution is 0.969. The normalized spacial score (nSPS) is 10.8. The quantitative estimate of drug-likeness (QED) is 0.429. The number of hydrogen-bond donors (Lipinski definition) is 1. The maximum Gasteiger partial charge on any atom is 0.187 e. The standard InChI is InChI=1S/C8H11N3S/c9-4-1-2-7-12-8-10-5-3-6-11-8/h1-3,5-6H,4,7,9H2. The second kappa shape index (κ2) is 5.74. The SMILES string of the molecule is NCC=CCSc1ncccn1. The smallest absolute Gasteiger partial charge is 0.187 e. The van der Waals surface area contributed by atoms with Crippen molar-refractivity contribution in [3.05, 3.63) is 30.6 Å². The van der Waals surface area contributed by atoms with Crippen molar-refractivity contribution in [1.29, 1.82) is 0 Å². The third-order valence-electron chi connectivity index (χ3n) is 1.15. The van der Waals surface area contributed by atoms with E-state index in [1.807, 2.05) is 12.2 Å². The van der Waals surface area contributed by atoms with Gasteiger partial charge in [-0.3, -0.25) is 0 Å². The minimum absolute atomic E-state index is 0.593. The summed E-state index contributed by atoms with van der Waals surface area (Å²) in [7, 11) is 0. The molecule has 0 amide bonds. The molecule has 3 nitrogen and oxygen atoms in total. The van der Waals surface area contributed by atoms with Crippen LogP contribution in [0.25, 0.3) is 0 Å². The number of rotatable bonds is 4. The van der Waals surface area contributed by atoms with Crippen LogP contribution in [-0.2, 0) is 0 Å². The topological polar surface area (TPSA) is 51.8 Å². The Bertz CT molecular complexity index is 235. The van der Waals surface area contributed by atoms with Gasteiger partial charge in [-0.1, -0.05) is 23.9 Å². The fraction of sp³-hybridized carbons (Fsp3) is 0.250. The van der Waals surface area contributed by atoms with Gasteiger partial charge in [0.2, 0.25) is 0 Å². The Morgan fingerprint density at radius 1 is 1.33 bits per heavy atom. The molecule has 64 valence electrons. The maximum absolute atomic E-state index is 5.28. The Labute approximate surface area is 76.1 Å². The predicted molar refractivity (Wildman–Crippen MR) is 51.0 cm³/mol. The Balaban J connectivity index is 2.29. The van der Waals surface area contributed by atoms with Crippen LogP contribution < -0.4 is 5.73 Å². The lowest BCUT2D eigenvalue weighted by atomic mass is 10.5. The van der Waals surface area contributed by atoms with E-state index < -0.39 is 0 Å². The van der Waals surface area contributed by atoms with E-state index >= 15 is 0 Å². The molecule has 0 bridgehead atoms. The van der Waals surface area contributed by atoms with E-state index in [0.29, 0.717) is 6.54 Å². The zero-order chi connectivity index (χ0) is 8.65. The van der Waals surface area contributed by atoms with Gasteiger partial charge in [0.1, 0.15) is 0 Å². The van der Waals surface area contributed by atoms with Crippen LogP contribution in [-0.4, -0.2) is 22.3 Å². The lowest BCUT2D eigenvalue weighted by Gasteiger charge is -1.93. The van der Waals surface area contributed by atoms with E-state index in [4.69, 9.17) is 5.73 Å². The Kier molecular flexibility index (Phi) is 4.41. The van der Waals surface area contributed by atoms with Crippen molar-refractivity contribution in [2.24, 2.45) is 5.73 Å². The molecule has 0 aliphatic carbocycles. The maximum atomic E-state index is 5.28. The molecule has 1 aromatic rings. The first-order valence-corrected chi connectivity index (χ1v) is 4.67. The zero-order valence-corrected chi connectivity index (χ0v) is 7.50. The van der Waals surface area contributed by atoms with Crippen molar-refractivity contribution < 1.29 is 0 Å². The van der Waals surface area contributed by atoms with Gasteiger partial charge in [0.25, 0.3) is 0 Å². The van der Waals surface area contributed by atoms with E-state index in [0.717, 1.165) is 10.9 Å². The fourth-order valence-corrected chi connectivity index (χ4v) is 1.30. The number of hydrogen-bond acceptors (Lipinski definition) is 4. The minimum Gasteiger partial charge on any atom is -0.327 e. The average Bonchev–Trinajstić information content (AvgIpc) is 2.14. The highest BCUT2D eigenvalue weighted by Gasteiger charge is 1.90. The molecule has 0 saturated heterocycles. The van der Waals surface area contributed by atoms with E-state index in [1.54, 1.807) is 30.2 Å². The molecule has 0 radical (unpaired) electrons. The molecular formula is C8H11N3S. The van der Waals surface area contributed by atoms with Gasteiger partial charge in [-0.05, 0) is 6.07 Å². The van der Waals surface area contributed by atoms with Gasteiger partial charge in [-0.2, -0.15) is 0 Å². The first-order valence-electron chi connectivity index (χ1n) is 3.68. The summed E-state index contributed by atoms with van der Waals surface area (Å²) in [5.41, 5.74) is 5.28. The number of nitrogens with zero attached hydrogens (tertiary/aromatic N) is 2. The van der Waals surface area contributed by atoms with Crippen LogP contribution in [0, 0.1) is 0 Å². The van der Waals surface area contributed by atoms with Gasteiger partial charge >= 0.3 is 0 Å². The van der Waals surface area contributed by atoms with Gasteiger partial charge < -0.3 is 5.73 Å². The van der Waals surface area contributed by atoms with Crippen LogP contribution in [0.1, 0.15) is 0 Å². The molecule has 0 aromatic carbocycles. The predicted octanol–water partition coefficient (Wildman–Crippen LogP) is 1.08.